The van der Waals surface area contributed by atoms with Crippen molar-refractivity contribution in [3.8, 4) is 11.8 Å². The molecule has 21 heavy (non-hydrogen) atoms. The molecule has 0 atom stereocenters. The lowest BCUT2D eigenvalue weighted by molar-refractivity contribution is -0.125. The average Bonchev–Trinajstić information content (AvgIpc) is 2.97. The van der Waals surface area contributed by atoms with Crippen molar-refractivity contribution in [3.05, 3.63) is 28.8 Å². The van der Waals surface area contributed by atoms with Crippen LogP contribution in [0.1, 0.15) is 44.6 Å². The van der Waals surface area contributed by atoms with Gasteiger partial charge in [0.1, 0.15) is 0 Å². The van der Waals surface area contributed by atoms with Gasteiger partial charge < -0.3 is 11.1 Å². The Morgan fingerprint density at radius 2 is 2.14 bits per heavy atom. The molecule has 0 bridgehead atoms. The number of rotatable bonds is 3. The van der Waals surface area contributed by atoms with E-state index in [9.17, 15) is 4.79 Å². The largest absolute Gasteiger partial charge is 0.324 e. The van der Waals surface area contributed by atoms with Crippen LogP contribution in [0.25, 0.3) is 0 Å². The number of nitrogens with two attached hydrogens (primary N) is 1. The number of carbonyl (C=O) groups excluding carboxylic acids is 1. The minimum absolute atomic E-state index is 0.0978. The first kappa shape index (κ1) is 15.9. The fourth-order valence-electron chi connectivity index (χ4n) is 2.92. The van der Waals surface area contributed by atoms with E-state index in [0.29, 0.717) is 16.3 Å². The summed E-state index contributed by atoms with van der Waals surface area (Å²) in [4.78, 5) is 12.7. The molecule has 0 spiro atoms. The van der Waals surface area contributed by atoms with Gasteiger partial charge in [0.05, 0.1) is 12.2 Å². The van der Waals surface area contributed by atoms with Crippen LogP contribution < -0.4 is 11.1 Å². The molecule has 1 amide bonds. The minimum Gasteiger partial charge on any atom is -0.324 e. The molecule has 1 aromatic rings. The SMILES string of the molecule is CCC1(C(=O)Nc2ccc(Cl)cc2C#CCN)CCCC1. The van der Waals surface area contributed by atoms with Crippen LogP contribution in [0.15, 0.2) is 18.2 Å². The number of amides is 1. The molecule has 4 heteroatoms. The van der Waals surface area contributed by atoms with Crippen molar-refractivity contribution >= 4 is 23.2 Å². The highest BCUT2D eigenvalue weighted by Crippen LogP contribution is 2.42. The Morgan fingerprint density at radius 1 is 1.43 bits per heavy atom. The third kappa shape index (κ3) is 3.58. The summed E-state index contributed by atoms with van der Waals surface area (Å²) in [5, 5.41) is 3.64. The summed E-state index contributed by atoms with van der Waals surface area (Å²) in [6, 6.07) is 5.32. The quantitative estimate of drug-likeness (QED) is 0.839. The summed E-state index contributed by atoms with van der Waals surface area (Å²) >= 11 is 6.00. The molecule has 0 saturated heterocycles. The molecule has 1 aliphatic carbocycles. The molecule has 0 unspecified atom stereocenters. The van der Waals surface area contributed by atoms with Gasteiger partial charge in [-0.05, 0) is 37.5 Å². The highest BCUT2D eigenvalue weighted by atomic mass is 35.5. The predicted octanol–water partition coefficient (Wildman–Crippen LogP) is 3.56. The molecule has 0 aromatic heterocycles. The Balaban J connectivity index is 2.24. The molecular formula is C17H21ClN2O. The Kier molecular flexibility index (Phi) is 5.27. The molecule has 0 heterocycles. The van der Waals surface area contributed by atoms with E-state index in [1.54, 1.807) is 18.2 Å². The highest BCUT2D eigenvalue weighted by molar-refractivity contribution is 6.30. The summed E-state index contributed by atoms with van der Waals surface area (Å²) in [6.07, 6.45) is 5.05. The number of hydrogen-bond donors (Lipinski definition) is 2. The van der Waals surface area contributed by atoms with Crippen molar-refractivity contribution in [2.45, 2.75) is 39.0 Å². The van der Waals surface area contributed by atoms with E-state index in [1.165, 1.54) is 0 Å². The number of benzene rings is 1. The van der Waals surface area contributed by atoms with Crippen LogP contribution >= 0.6 is 11.6 Å². The second-order valence-corrected chi connectivity index (χ2v) is 5.93. The second-order valence-electron chi connectivity index (χ2n) is 5.49. The zero-order valence-corrected chi connectivity index (χ0v) is 13.1. The molecule has 1 aromatic carbocycles. The molecule has 1 aliphatic rings. The van der Waals surface area contributed by atoms with E-state index < -0.39 is 0 Å². The Bertz CT molecular complexity index is 580. The number of hydrogen-bond acceptors (Lipinski definition) is 2. The van der Waals surface area contributed by atoms with E-state index in [2.05, 4.69) is 24.1 Å². The molecule has 112 valence electrons. The number of carbonyl (C=O) groups is 1. The second kappa shape index (κ2) is 6.98. The van der Waals surface area contributed by atoms with Gasteiger partial charge in [-0.2, -0.15) is 0 Å². The fraction of sp³-hybridized carbons (Fsp3) is 0.471. The summed E-state index contributed by atoms with van der Waals surface area (Å²) in [7, 11) is 0. The first-order chi connectivity index (χ1) is 10.1. The van der Waals surface area contributed by atoms with Gasteiger partial charge in [-0.3, -0.25) is 4.79 Å². The standard InChI is InChI=1S/C17H21ClN2O/c1-2-17(9-3-4-10-17)16(21)20-15-8-7-14(18)12-13(15)6-5-11-19/h7-8,12H,2-4,9-11,19H2,1H3,(H,20,21). The van der Waals surface area contributed by atoms with E-state index in [-0.39, 0.29) is 17.9 Å². The molecule has 3 N–H and O–H groups in total. The monoisotopic (exact) mass is 304 g/mol. The van der Waals surface area contributed by atoms with Crippen LogP contribution in [0, 0.1) is 17.3 Å². The van der Waals surface area contributed by atoms with E-state index in [0.717, 1.165) is 32.1 Å². The van der Waals surface area contributed by atoms with Crippen LogP contribution in [0.4, 0.5) is 5.69 Å². The molecule has 3 nitrogen and oxygen atoms in total. The Labute approximate surface area is 131 Å². The van der Waals surface area contributed by atoms with E-state index in [4.69, 9.17) is 17.3 Å². The van der Waals surface area contributed by atoms with Crippen molar-refractivity contribution in [1.29, 1.82) is 0 Å². The minimum atomic E-state index is -0.224. The average molecular weight is 305 g/mol. The lowest BCUT2D eigenvalue weighted by atomic mass is 9.82. The van der Waals surface area contributed by atoms with Gasteiger partial charge in [0.25, 0.3) is 0 Å². The maximum atomic E-state index is 12.7. The lowest BCUT2D eigenvalue weighted by Crippen LogP contribution is -2.33. The third-order valence-electron chi connectivity index (χ3n) is 4.27. The van der Waals surface area contributed by atoms with Crippen molar-refractivity contribution in [1.82, 2.24) is 0 Å². The molecular weight excluding hydrogens is 284 g/mol. The smallest absolute Gasteiger partial charge is 0.230 e. The van der Waals surface area contributed by atoms with Crippen LogP contribution in [0.3, 0.4) is 0 Å². The van der Waals surface area contributed by atoms with E-state index >= 15 is 0 Å². The Hall–Kier alpha value is -1.50. The lowest BCUT2D eigenvalue weighted by Gasteiger charge is -2.26. The van der Waals surface area contributed by atoms with Gasteiger partial charge >= 0.3 is 0 Å². The topological polar surface area (TPSA) is 55.1 Å². The summed E-state index contributed by atoms with van der Waals surface area (Å²) in [5.41, 5.74) is 6.62. The zero-order chi connectivity index (χ0) is 15.3. The summed E-state index contributed by atoms with van der Waals surface area (Å²) < 4.78 is 0. The van der Waals surface area contributed by atoms with Gasteiger partial charge in [-0.15, -0.1) is 0 Å². The van der Waals surface area contributed by atoms with Crippen LogP contribution in [0.5, 0.6) is 0 Å². The zero-order valence-electron chi connectivity index (χ0n) is 12.3. The number of nitrogens with one attached hydrogen (secondary N) is 1. The van der Waals surface area contributed by atoms with Gasteiger partial charge in [0.15, 0.2) is 0 Å². The maximum absolute atomic E-state index is 12.7. The van der Waals surface area contributed by atoms with Gasteiger partial charge in [0, 0.05) is 16.0 Å². The summed E-state index contributed by atoms with van der Waals surface area (Å²) in [6.45, 7) is 2.36. The van der Waals surface area contributed by atoms with Crippen molar-refractivity contribution in [2.24, 2.45) is 11.1 Å². The predicted molar refractivity (Wildman–Crippen MR) is 87.2 cm³/mol. The normalized spacial score (nSPS) is 16.1. The Morgan fingerprint density at radius 3 is 2.76 bits per heavy atom. The van der Waals surface area contributed by atoms with E-state index in [1.807, 2.05) is 0 Å². The first-order valence-electron chi connectivity index (χ1n) is 7.41. The van der Waals surface area contributed by atoms with Crippen LogP contribution in [0.2, 0.25) is 5.02 Å². The highest BCUT2D eigenvalue weighted by Gasteiger charge is 2.39. The van der Waals surface area contributed by atoms with Crippen molar-refractivity contribution in [2.75, 3.05) is 11.9 Å². The van der Waals surface area contributed by atoms with Gasteiger partial charge in [0.2, 0.25) is 5.91 Å². The molecule has 2 rings (SSSR count). The molecule has 0 aliphatic heterocycles. The van der Waals surface area contributed by atoms with Crippen LogP contribution in [-0.4, -0.2) is 12.5 Å². The number of halogens is 1. The third-order valence-corrected chi connectivity index (χ3v) is 4.51. The van der Waals surface area contributed by atoms with Crippen molar-refractivity contribution in [3.63, 3.8) is 0 Å². The fourth-order valence-corrected chi connectivity index (χ4v) is 3.10. The molecule has 0 radical (unpaired) electrons. The number of anilines is 1. The maximum Gasteiger partial charge on any atom is 0.230 e. The van der Waals surface area contributed by atoms with Gasteiger partial charge in [-0.1, -0.05) is 43.2 Å². The molecule has 1 saturated carbocycles. The first-order valence-corrected chi connectivity index (χ1v) is 7.79. The molecule has 1 fully saturated rings. The summed E-state index contributed by atoms with van der Waals surface area (Å²) in [5.74, 6) is 5.87. The van der Waals surface area contributed by atoms with Crippen molar-refractivity contribution < 1.29 is 4.79 Å². The van der Waals surface area contributed by atoms with Crippen LogP contribution in [-0.2, 0) is 4.79 Å². The van der Waals surface area contributed by atoms with Gasteiger partial charge in [-0.25, -0.2) is 0 Å².